The molecule has 48 heavy (non-hydrogen) atoms. The standard InChI is InChI=1S/C35H37F5N2O6/c1-35(2,3)48-33(45)24-5-4-14-42(24)17-23-15-25(21-10-8-20(18-43)9-11-21)47-34(46-23)22-12-6-19(7-13-22)16-41-32(44)26-27(36)29(38)31(40)30(39)28(26)37/h6-13,23-25,34,43H,4-5,14-18H2,1-3H3,(H,41,44)/t23-,24-,25+,34+/m0/s1. The highest BCUT2D eigenvalue weighted by Gasteiger charge is 2.39. The van der Waals surface area contributed by atoms with Gasteiger partial charge in [-0.15, -0.1) is 0 Å². The highest BCUT2D eigenvalue weighted by molar-refractivity contribution is 5.94. The number of hydrogen-bond donors (Lipinski definition) is 2. The van der Waals surface area contributed by atoms with Crippen LogP contribution >= 0.6 is 0 Å². The fraction of sp³-hybridized carbons (Fsp3) is 0.429. The molecule has 0 bridgehead atoms. The maximum Gasteiger partial charge on any atom is 0.323 e. The Balaban J connectivity index is 1.30. The van der Waals surface area contributed by atoms with Crippen LogP contribution in [0.5, 0.6) is 0 Å². The Morgan fingerprint density at radius 1 is 0.875 bits per heavy atom. The number of rotatable bonds is 9. The van der Waals surface area contributed by atoms with E-state index in [1.165, 1.54) is 0 Å². The Bertz CT molecular complexity index is 1600. The molecular formula is C35H37F5N2O6. The lowest BCUT2D eigenvalue weighted by molar-refractivity contribution is -0.253. The molecule has 2 aliphatic heterocycles. The average molecular weight is 677 g/mol. The van der Waals surface area contributed by atoms with Gasteiger partial charge in [0.05, 0.1) is 18.8 Å². The van der Waals surface area contributed by atoms with Crippen molar-refractivity contribution in [3.8, 4) is 0 Å². The molecule has 0 unspecified atom stereocenters. The molecule has 0 saturated carbocycles. The number of aliphatic hydroxyl groups is 1. The van der Waals surface area contributed by atoms with Gasteiger partial charge in [-0.1, -0.05) is 48.5 Å². The van der Waals surface area contributed by atoms with Crippen LogP contribution in [0, 0.1) is 29.1 Å². The number of amides is 1. The van der Waals surface area contributed by atoms with E-state index in [2.05, 4.69) is 10.2 Å². The van der Waals surface area contributed by atoms with Crippen molar-refractivity contribution >= 4 is 11.9 Å². The van der Waals surface area contributed by atoms with Crippen molar-refractivity contribution in [3.05, 3.63) is 105 Å². The van der Waals surface area contributed by atoms with Crippen LogP contribution in [0.2, 0.25) is 0 Å². The van der Waals surface area contributed by atoms with Crippen molar-refractivity contribution in [1.82, 2.24) is 10.2 Å². The summed E-state index contributed by atoms with van der Waals surface area (Å²) in [6.45, 7) is 6.28. The lowest BCUT2D eigenvalue weighted by Crippen LogP contribution is -2.45. The van der Waals surface area contributed by atoms with Crippen LogP contribution in [0.1, 0.15) is 85.0 Å². The Morgan fingerprint density at radius 3 is 2.06 bits per heavy atom. The highest BCUT2D eigenvalue weighted by Crippen LogP contribution is 2.39. The molecule has 1 amide bonds. The molecule has 258 valence electrons. The van der Waals surface area contributed by atoms with Gasteiger partial charge in [0, 0.05) is 25.1 Å². The molecule has 2 fully saturated rings. The summed E-state index contributed by atoms with van der Waals surface area (Å²) in [5, 5.41) is 11.7. The molecule has 0 aliphatic carbocycles. The van der Waals surface area contributed by atoms with Crippen molar-refractivity contribution in [1.29, 1.82) is 0 Å². The van der Waals surface area contributed by atoms with Gasteiger partial charge in [-0.25, -0.2) is 22.0 Å². The second-order valence-electron chi connectivity index (χ2n) is 12.9. The van der Waals surface area contributed by atoms with Crippen molar-refractivity contribution in [2.75, 3.05) is 13.1 Å². The number of carbonyl (C=O) groups is 2. The van der Waals surface area contributed by atoms with Crippen molar-refractivity contribution in [3.63, 3.8) is 0 Å². The van der Waals surface area contributed by atoms with Gasteiger partial charge in [0.1, 0.15) is 17.2 Å². The van der Waals surface area contributed by atoms with E-state index >= 15 is 0 Å². The number of nitrogens with zero attached hydrogens (tertiary/aromatic N) is 1. The van der Waals surface area contributed by atoms with Gasteiger partial charge in [0.2, 0.25) is 5.82 Å². The molecule has 2 saturated heterocycles. The molecule has 2 aliphatic rings. The molecule has 8 nitrogen and oxygen atoms in total. The van der Waals surface area contributed by atoms with Crippen molar-refractivity contribution < 1.29 is 50.9 Å². The van der Waals surface area contributed by atoms with E-state index in [1.54, 1.807) is 24.3 Å². The minimum atomic E-state index is -2.35. The predicted octanol–water partition coefficient (Wildman–Crippen LogP) is 6.16. The Kier molecular flexibility index (Phi) is 10.8. The molecule has 0 aromatic heterocycles. The molecule has 3 aromatic rings. The first kappa shape index (κ1) is 35.4. The Hall–Kier alpha value is -3.91. The lowest BCUT2D eigenvalue weighted by atomic mass is 9.99. The van der Waals surface area contributed by atoms with Crippen LogP contribution in [0.15, 0.2) is 48.5 Å². The number of esters is 1. The number of carbonyl (C=O) groups excluding carboxylic acids is 2. The van der Waals surface area contributed by atoms with Crippen LogP contribution in [0.3, 0.4) is 0 Å². The van der Waals surface area contributed by atoms with E-state index in [-0.39, 0.29) is 31.3 Å². The van der Waals surface area contributed by atoms with E-state index in [9.17, 15) is 36.6 Å². The third-order valence-corrected chi connectivity index (χ3v) is 8.24. The minimum Gasteiger partial charge on any atom is -0.459 e. The summed E-state index contributed by atoms with van der Waals surface area (Å²) >= 11 is 0. The Labute approximate surface area is 274 Å². The molecule has 2 heterocycles. The fourth-order valence-corrected chi connectivity index (χ4v) is 5.84. The van der Waals surface area contributed by atoms with E-state index < -0.39 is 58.5 Å². The normalized spacial score (nSPS) is 21.7. The molecule has 3 aromatic carbocycles. The van der Waals surface area contributed by atoms with Gasteiger partial charge in [-0.05, 0) is 56.8 Å². The van der Waals surface area contributed by atoms with Crippen LogP contribution in [-0.2, 0) is 32.2 Å². The second kappa shape index (κ2) is 14.7. The van der Waals surface area contributed by atoms with Crippen molar-refractivity contribution in [2.24, 2.45) is 0 Å². The topological polar surface area (TPSA) is 97.3 Å². The fourth-order valence-electron chi connectivity index (χ4n) is 5.84. The van der Waals surface area contributed by atoms with Crippen LogP contribution in [0.25, 0.3) is 0 Å². The quantitative estimate of drug-likeness (QED) is 0.121. The number of hydrogen-bond acceptors (Lipinski definition) is 7. The number of nitrogens with one attached hydrogen (secondary N) is 1. The predicted molar refractivity (Wildman–Crippen MR) is 163 cm³/mol. The van der Waals surface area contributed by atoms with Gasteiger partial charge in [0.25, 0.3) is 5.91 Å². The lowest BCUT2D eigenvalue weighted by Gasteiger charge is -2.38. The zero-order valence-corrected chi connectivity index (χ0v) is 26.7. The maximum absolute atomic E-state index is 14.1. The summed E-state index contributed by atoms with van der Waals surface area (Å²) in [7, 11) is 0. The zero-order chi connectivity index (χ0) is 34.7. The molecule has 0 radical (unpaired) electrons. The number of benzene rings is 3. The van der Waals surface area contributed by atoms with E-state index in [4.69, 9.17) is 14.2 Å². The third kappa shape index (κ3) is 8.03. The first-order chi connectivity index (χ1) is 22.8. The SMILES string of the molecule is CC(C)(C)OC(=O)[C@@H]1CCCN1C[C@@H]1C[C@H](c2ccc(CO)cc2)O[C@H](c2ccc(CNC(=O)c3c(F)c(F)c(F)c(F)c3F)cc2)O1. The molecule has 2 N–H and O–H groups in total. The first-order valence-electron chi connectivity index (χ1n) is 15.6. The monoisotopic (exact) mass is 676 g/mol. The van der Waals surface area contributed by atoms with Gasteiger partial charge < -0.3 is 24.6 Å². The number of halogens is 5. The van der Waals surface area contributed by atoms with Gasteiger partial charge in [-0.3, -0.25) is 14.5 Å². The minimum absolute atomic E-state index is 0.102. The maximum atomic E-state index is 14.1. The summed E-state index contributed by atoms with van der Waals surface area (Å²) in [5.41, 5.74) is 0.536. The first-order valence-corrected chi connectivity index (χ1v) is 15.6. The number of likely N-dealkylation sites (tertiary alicyclic amines) is 1. The average Bonchev–Trinajstić information content (AvgIpc) is 3.53. The highest BCUT2D eigenvalue weighted by atomic mass is 19.2. The molecule has 5 rings (SSSR count). The summed E-state index contributed by atoms with van der Waals surface area (Å²) in [6, 6.07) is 13.6. The third-order valence-electron chi connectivity index (χ3n) is 8.24. The molecule has 13 heteroatoms. The summed E-state index contributed by atoms with van der Waals surface area (Å²) in [4.78, 5) is 27.4. The molecule has 4 atom stereocenters. The van der Waals surface area contributed by atoms with E-state index in [1.807, 2.05) is 45.0 Å². The zero-order valence-electron chi connectivity index (χ0n) is 26.7. The van der Waals surface area contributed by atoms with Gasteiger partial charge >= 0.3 is 5.97 Å². The van der Waals surface area contributed by atoms with E-state index in [0.29, 0.717) is 37.1 Å². The van der Waals surface area contributed by atoms with Crippen molar-refractivity contribution in [2.45, 2.75) is 83.3 Å². The summed E-state index contributed by atoms with van der Waals surface area (Å²) < 4.78 is 87.1. The van der Waals surface area contributed by atoms with Crippen LogP contribution in [-0.4, -0.2) is 52.7 Å². The molecular weight excluding hydrogens is 639 g/mol. The molecule has 0 spiro atoms. The summed E-state index contributed by atoms with van der Waals surface area (Å²) in [6.07, 6.45) is 0.458. The van der Waals surface area contributed by atoms with E-state index in [0.717, 1.165) is 17.5 Å². The smallest absolute Gasteiger partial charge is 0.323 e. The number of aliphatic hydroxyl groups excluding tert-OH is 1. The largest absolute Gasteiger partial charge is 0.459 e. The van der Waals surface area contributed by atoms with Gasteiger partial charge in [-0.2, -0.15) is 0 Å². The van der Waals surface area contributed by atoms with Gasteiger partial charge in [0.15, 0.2) is 29.6 Å². The summed E-state index contributed by atoms with van der Waals surface area (Å²) in [5.74, 6) is -12.9. The number of ether oxygens (including phenoxy) is 3. The van der Waals surface area contributed by atoms with Crippen LogP contribution in [0.4, 0.5) is 22.0 Å². The Morgan fingerprint density at radius 2 is 1.46 bits per heavy atom. The second-order valence-corrected chi connectivity index (χ2v) is 12.9. The van der Waals surface area contributed by atoms with Crippen LogP contribution < -0.4 is 5.32 Å².